The van der Waals surface area contributed by atoms with E-state index in [9.17, 15) is 4.79 Å². The molecule has 0 saturated carbocycles. The average Bonchev–Trinajstić information content (AvgIpc) is 3.13. The van der Waals surface area contributed by atoms with Crippen LogP contribution >= 0.6 is 0 Å². The van der Waals surface area contributed by atoms with Crippen LogP contribution in [0.15, 0.2) is 30.3 Å². The zero-order valence-electron chi connectivity index (χ0n) is 15.7. The first-order valence-corrected chi connectivity index (χ1v) is 9.16. The smallest absolute Gasteiger partial charge is 0.270 e. The van der Waals surface area contributed by atoms with Gasteiger partial charge in [0.2, 0.25) is 0 Å². The molecular formula is C20H26N4O2. The van der Waals surface area contributed by atoms with Gasteiger partial charge in [0.25, 0.3) is 5.91 Å². The molecule has 6 nitrogen and oxygen atoms in total. The third-order valence-corrected chi connectivity index (χ3v) is 4.48. The number of aryl methyl sites for hydroxylation is 2. The molecule has 26 heavy (non-hydrogen) atoms. The molecule has 6 heteroatoms. The summed E-state index contributed by atoms with van der Waals surface area (Å²) in [6, 6.07) is 10.00. The normalized spacial score (nSPS) is 16.5. The van der Waals surface area contributed by atoms with Crippen molar-refractivity contribution in [2.24, 2.45) is 0 Å². The van der Waals surface area contributed by atoms with Crippen LogP contribution in [0.25, 0.3) is 0 Å². The Kier molecular flexibility index (Phi) is 5.83. The molecule has 1 amide bonds. The van der Waals surface area contributed by atoms with E-state index in [0.29, 0.717) is 18.1 Å². The van der Waals surface area contributed by atoms with Crippen LogP contribution in [-0.4, -0.2) is 41.7 Å². The van der Waals surface area contributed by atoms with Gasteiger partial charge in [0.1, 0.15) is 17.3 Å². The van der Waals surface area contributed by atoms with E-state index < -0.39 is 0 Å². The second-order valence-corrected chi connectivity index (χ2v) is 6.59. The molecule has 1 atom stereocenters. The van der Waals surface area contributed by atoms with Crippen LogP contribution in [0.1, 0.15) is 41.6 Å². The minimum Gasteiger partial charge on any atom is -0.376 e. The molecule has 1 N–H and O–H groups in total. The summed E-state index contributed by atoms with van der Waals surface area (Å²) in [5.74, 6) is 1.12. The standard InChI is InChI=1S/C20H26N4O2/c1-4-24(16-8-5-7-14(2)11-16)19-12-18(22-15(3)23-19)20(25)21-13-17-9-6-10-26-17/h5,7-8,11-12,17H,4,6,9-10,13H2,1-3H3,(H,21,25). The Hall–Kier alpha value is -2.47. The summed E-state index contributed by atoms with van der Waals surface area (Å²) in [6.07, 6.45) is 2.16. The number of benzene rings is 1. The molecule has 2 aromatic rings. The molecule has 0 bridgehead atoms. The second-order valence-electron chi connectivity index (χ2n) is 6.59. The maximum atomic E-state index is 12.5. The Morgan fingerprint density at radius 1 is 1.31 bits per heavy atom. The van der Waals surface area contributed by atoms with Gasteiger partial charge in [0.15, 0.2) is 0 Å². The van der Waals surface area contributed by atoms with E-state index in [1.165, 1.54) is 5.56 Å². The summed E-state index contributed by atoms with van der Waals surface area (Å²) in [5.41, 5.74) is 2.62. The van der Waals surface area contributed by atoms with Gasteiger partial charge in [-0.15, -0.1) is 0 Å². The molecule has 1 aromatic heterocycles. The Bertz CT molecular complexity index is 772. The van der Waals surface area contributed by atoms with Crippen LogP contribution in [0.3, 0.4) is 0 Å². The molecule has 1 aliphatic rings. The van der Waals surface area contributed by atoms with E-state index >= 15 is 0 Å². The largest absolute Gasteiger partial charge is 0.376 e. The van der Waals surface area contributed by atoms with Crippen molar-refractivity contribution in [3.8, 4) is 0 Å². The van der Waals surface area contributed by atoms with Crippen LogP contribution in [0.5, 0.6) is 0 Å². The van der Waals surface area contributed by atoms with Crippen LogP contribution in [0, 0.1) is 13.8 Å². The zero-order chi connectivity index (χ0) is 18.5. The lowest BCUT2D eigenvalue weighted by molar-refractivity contribution is 0.0853. The van der Waals surface area contributed by atoms with Gasteiger partial charge in [-0.25, -0.2) is 9.97 Å². The van der Waals surface area contributed by atoms with E-state index in [4.69, 9.17) is 4.74 Å². The highest BCUT2D eigenvalue weighted by molar-refractivity contribution is 5.93. The number of amides is 1. The van der Waals surface area contributed by atoms with Gasteiger partial charge in [-0.1, -0.05) is 12.1 Å². The molecule has 3 rings (SSSR count). The average molecular weight is 354 g/mol. The van der Waals surface area contributed by atoms with Crippen molar-refractivity contribution in [3.63, 3.8) is 0 Å². The second kappa shape index (κ2) is 8.27. The fourth-order valence-electron chi connectivity index (χ4n) is 3.18. The highest BCUT2D eigenvalue weighted by Gasteiger charge is 2.19. The Labute approximate surface area is 154 Å². The van der Waals surface area contributed by atoms with Gasteiger partial charge in [-0.05, 0) is 51.3 Å². The van der Waals surface area contributed by atoms with Gasteiger partial charge >= 0.3 is 0 Å². The lowest BCUT2D eigenvalue weighted by Crippen LogP contribution is -2.32. The lowest BCUT2D eigenvalue weighted by atomic mass is 10.2. The molecule has 0 radical (unpaired) electrons. The molecule has 1 unspecified atom stereocenters. The summed E-state index contributed by atoms with van der Waals surface area (Å²) in [7, 11) is 0. The summed E-state index contributed by atoms with van der Waals surface area (Å²) in [6.45, 7) is 7.98. The number of carbonyl (C=O) groups is 1. The molecule has 0 aliphatic carbocycles. The number of ether oxygens (including phenoxy) is 1. The monoisotopic (exact) mass is 354 g/mol. The molecule has 1 aliphatic heterocycles. The Balaban J connectivity index is 1.80. The zero-order valence-corrected chi connectivity index (χ0v) is 15.7. The fraction of sp³-hybridized carbons (Fsp3) is 0.450. The highest BCUT2D eigenvalue weighted by Crippen LogP contribution is 2.24. The van der Waals surface area contributed by atoms with Gasteiger partial charge in [0, 0.05) is 31.5 Å². The first kappa shape index (κ1) is 18.3. The number of rotatable bonds is 6. The van der Waals surface area contributed by atoms with Gasteiger partial charge in [0.05, 0.1) is 6.10 Å². The third kappa shape index (κ3) is 4.38. The van der Waals surface area contributed by atoms with Gasteiger partial charge < -0.3 is 15.0 Å². The van der Waals surface area contributed by atoms with E-state index in [1.54, 1.807) is 6.07 Å². The quantitative estimate of drug-likeness (QED) is 0.863. The van der Waals surface area contributed by atoms with E-state index in [2.05, 4.69) is 46.2 Å². The molecule has 1 saturated heterocycles. The summed E-state index contributed by atoms with van der Waals surface area (Å²) >= 11 is 0. The fourth-order valence-corrected chi connectivity index (χ4v) is 3.18. The van der Waals surface area contributed by atoms with Crippen molar-refractivity contribution < 1.29 is 9.53 Å². The van der Waals surface area contributed by atoms with E-state index in [1.807, 2.05) is 19.1 Å². The Morgan fingerprint density at radius 2 is 2.15 bits per heavy atom. The first-order valence-electron chi connectivity index (χ1n) is 9.16. The summed E-state index contributed by atoms with van der Waals surface area (Å²) in [4.78, 5) is 23.5. The molecular weight excluding hydrogens is 328 g/mol. The van der Waals surface area contributed by atoms with E-state index in [-0.39, 0.29) is 12.0 Å². The Morgan fingerprint density at radius 3 is 2.85 bits per heavy atom. The SMILES string of the molecule is CCN(c1cccc(C)c1)c1cc(C(=O)NCC2CCCO2)nc(C)n1. The predicted molar refractivity (Wildman–Crippen MR) is 102 cm³/mol. The molecule has 138 valence electrons. The number of carbonyl (C=O) groups excluding carboxylic acids is 1. The van der Waals surface area contributed by atoms with E-state index in [0.717, 1.165) is 37.5 Å². The molecule has 0 spiro atoms. The molecule has 1 aromatic carbocycles. The van der Waals surface area contributed by atoms with Crippen LogP contribution in [0.4, 0.5) is 11.5 Å². The van der Waals surface area contributed by atoms with Crippen molar-refractivity contribution >= 4 is 17.4 Å². The first-order chi connectivity index (χ1) is 12.6. The minimum atomic E-state index is -0.187. The molecule has 1 fully saturated rings. The topological polar surface area (TPSA) is 67.4 Å². The third-order valence-electron chi connectivity index (χ3n) is 4.48. The molecule has 2 heterocycles. The number of hydrogen-bond donors (Lipinski definition) is 1. The number of nitrogens with one attached hydrogen (secondary N) is 1. The predicted octanol–water partition coefficient (Wildman–Crippen LogP) is 3.16. The van der Waals surface area contributed by atoms with Crippen LogP contribution < -0.4 is 10.2 Å². The number of anilines is 2. The van der Waals surface area contributed by atoms with Gasteiger partial charge in [-0.2, -0.15) is 0 Å². The number of nitrogens with zero attached hydrogens (tertiary/aromatic N) is 3. The van der Waals surface area contributed by atoms with Crippen molar-refractivity contribution in [2.45, 2.75) is 39.7 Å². The van der Waals surface area contributed by atoms with Crippen molar-refractivity contribution in [2.75, 3.05) is 24.6 Å². The minimum absolute atomic E-state index is 0.112. The van der Waals surface area contributed by atoms with Crippen molar-refractivity contribution in [1.29, 1.82) is 0 Å². The number of hydrogen-bond acceptors (Lipinski definition) is 5. The van der Waals surface area contributed by atoms with Crippen molar-refractivity contribution in [1.82, 2.24) is 15.3 Å². The maximum Gasteiger partial charge on any atom is 0.270 e. The lowest BCUT2D eigenvalue weighted by Gasteiger charge is -2.23. The van der Waals surface area contributed by atoms with Crippen LogP contribution in [0.2, 0.25) is 0 Å². The van der Waals surface area contributed by atoms with Crippen LogP contribution in [-0.2, 0) is 4.74 Å². The summed E-state index contributed by atoms with van der Waals surface area (Å²) in [5, 5.41) is 2.93. The number of aromatic nitrogens is 2. The van der Waals surface area contributed by atoms with Gasteiger partial charge in [-0.3, -0.25) is 4.79 Å². The summed E-state index contributed by atoms with van der Waals surface area (Å²) < 4.78 is 5.56. The highest BCUT2D eigenvalue weighted by atomic mass is 16.5. The van der Waals surface area contributed by atoms with Crippen molar-refractivity contribution in [3.05, 3.63) is 47.4 Å². The maximum absolute atomic E-state index is 12.5.